The minimum absolute atomic E-state index is 0.0273. The lowest BCUT2D eigenvalue weighted by Gasteiger charge is -2.29. The zero-order valence-corrected chi connectivity index (χ0v) is 25.0. The number of nitrogens with one attached hydrogen (secondary N) is 6. The van der Waals surface area contributed by atoms with Crippen LogP contribution in [-0.4, -0.2) is 135 Å². The van der Waals surface area contributed by atoms with Gasteiger partial charge in [0.2, 0.25) is 29.5 Å². The van der Waals surface area contributed by atoms with Crippen LogP contribution < -0.4 is 38.1 Å². The molecule has 5 amide bonds. The molecule has 1 fully saturated rings. The van der Waals surface area contributed by atoms with Crippen LogP contribution in [0.3, 0.4) is 0 Å². The van der Waals surface area contributed by atoms with Gasteiger partial charge in [0.15, 0.2) is 5.96 Å². The third-order valence-corrected chi connectivity index (χ3v) is 6.62. The van der Waals surface area contributed by atoms with Crippen molar-refractivity contribution in [3.8, 4) is 0 Å². The van der Waals surface area contributed by atoms with Gasteiger partial charge in [-0.1, -0.05) is 0 Å². The summed E-state index contributed by atoms with van der Waals surface area (Å²) >= 11 is 0. The van der Waals surface area contributed by atoms with E-state index in [-0.39, 0.29) is 38.3 Å². The molecule has 47 heavy (non-hydrogen) atoms. The summed E-state index contributed by atoms with van der Waals surface area (Å²) in [5.41, 5.74) is 10.6. The average molecular weight is 674 g/mol. The molecule has 0 aliphatic carbocycles. The molecule has 0 aromatic rings. The van der Waals surface area contributed by atoms with E-state index >= 15 is 0 Å². The van der Waals surface area contributed by atoms with Gasteiger partial charge < -0.3 is 63.4 Å². The van der Waals surface area contributed by atoms with Gasteiger partial charge >= 0.3 is 23.9 Å². The highest BCUT2D eigenvalue weighted by molar-refractivity contribution is 5.97. The van der Waals surface area contributed by atoms with Crippen LogP contribution in [0, 0.1) is 5.41 Å². The Kier molecular flexibility index (Phi) is 16.0. The molecule has 1 aliphatic heterocycles. The summed E-state index contributed by atoms with van der Waals surface area (Å²) < 4.78 is 0. The van der Waals surface area contributed by atoms with Crippen LogP contribution in [0.25, 0.3) is 0 Å². The maximum atomic E-state index is 13.3. The Morgan fingerprint density at radius 1 is 0.787 bits per heavy atom. The molecular weight excluding hydrogens is 634 g/mol. The fraction of sp³-hybridized carbons (Fsp3) is 0.600. The second kappa shape index (κ2) is 19.1. The molecule has 5 atom stereocenters. The third kappa shape index (κ3) is 14.4. The van der Waals surface area contributed by atoms with E-state index in [1.807, 2.05) is 10.6 Å². The molecule has 22 heteroatoms. The fourth-order valence-corrected chi connectivity index (χ4v) is 4.41. The van der Waals surface area contributed by atoms with E-state index in [1.54, 1.807) is 0 Å². The van der Waals surface area contributed by atoms with E-state index in [0.717, 1.165) is 4.90 Å². The Balaban J connectivity index is 2.91. The molecule has 262 valence electrons. The number of nitrogens with zero attached hydrogens (tertiary/aromatic N) is 1. The summed E-state index contributed by atoms with van der Waals surface area (Å²) in [5.74, 6) is -11.4. The highest BCUT2D eigenvalue weighted by Gasteiger charge is 2.39. The molecule has 0 unspecified atom stereocenters. The smallest absolute Gasteiger partial charge is 0.326 e. The first-order valence-electron chi connectivity index (χ1n) is 14.1. The van der Waals surface area contributed by atoms with E-state index < -0.39 is 109 Å². The van der Waals surface area contributed by atoms with Gasteiger partial charge in [-0.2, -0.15) is 0 Å². The number of amides is 5. The summed E-state index contributed by atoms with van der Waals surface area (Å²) in [6, 6.07) is -7.69. The van der Waals surface area contributed by atoms with Crippen LogP contribution >= 0.6 is 0 Å². The average Bonchev–Trinajstić information content (AvgIpc) is 3.45. The van der Waals surface area contributed by atoms with Crippen LogP contribution in [-0.2, 0) is 43.2 Å². The number of carboxylic acid groups (broad SMARTS) is 4. The van der Waals surface area contributed by atoms with Gasteiger partial charge in [-0.25, -0.2) is 4.79 Å². The monoisotopic (exact) mass is 673 g/mol. The lowest BCUT2D eigenvalue weighted by Crippen LogP contribution is -2.57. The van der Waals surface area contributed by atoms with Crippen molar-refractivity contribution >= 4 is 59.4 Å². The van der Waals surface area contributed by atoms with Crippen LogP contribution in [0.4, 0.5) is 0 Å². The number of aliphatic carboxylic acids is 4. The molecule has 0 aromatic carbocycles. The number of rotatable bonds is 20. The lowest BCUT2D eigenvalue weighted by molar-refractivity contribution is -0.147. The number of nitrogens with two attached hydrogens (primary N) is 2. The van der Waals surface area contributed by atoms with Crippen molar-refractivity contribution in [1.29, 1.82) is 5.41 Å². The zero-order valence-electron chi connectivity index (χ0n) is 25.0. The molecule has 0 aromatic heterocycles. The molecule has 1 aliphatic rings. The first kappa shape index (κ1) is 39.5. The largest absolute Gasteiger partial charge is 0.481 e. The van der Waals surface area contributed by atoms with Crippen molar-refractivity contribution in [2.75, 3.05) is 19.6 Å². The standard InChI is InChI=1S/C25H39N9O13/c26-11(7-17(36)37)20(42)33-13(8-18(38)39)21(43)30-10-16(35)31-14(9-19(40)41)23(45)34-6-2-4-15(34)22(44)32-12(24(46)47)3-1-5-29-25(27)28/h11-15H,1-10,26H2,(H,30,43)(H,31,35)(H,32,44)(H,33,42)(H,36,37)(H,38,39)(H,40,41)(H,46,47)(H4,27,28,29)/t11-,12-,13-,14-,15-/m0/s1. The van der Waals surface area contributed by atoms with Crippen molar-refractivity contribution in [3.63, 3.8) is 0 Å². The number of hydrogen-bond donors (Lipinski definition) is 12. The Bertz CT molecular complexity index is 1240. The Labute approximate surface area is 266 Å². The molecule has 1 heterocycles. The second-order valence-electron chi connectivity index (χ2n) is 10.4. The predicted molar refractivity (Wildman–Crippen MR) is 155 cm³/mol. The molecule has 14 N–H and O–H groups in total. The van der Waals surface area contributed by atoms with Gasteiger partial charge in [0, 0.05) is 13.1 Å². The SMILES string of the molecule is N=C(N)NCCC[C@H](NC(=O)[C@@H]1CCCN1C(=O)[C@H](CC(=O)O)NC(=O)CNC(=O)[C@H](CC(=O)O)NC(=O)[C@@H](N)CC(=O)O)C(=O)O. The van der Waals surface area contributed by atoms with Crippen LogP contribution in [0.15, 0.2) is 0 Å². The highest BCUT2D eigenvalue weighted by atomic mass is 16.4. The van der Waals surface area contributed by atoms with Crippen molar-refractivity contribution in [2.24, 2.45) is 11.5 Å². The molecule has 0 spiro atoms. The van der Waals surface area contributed by atoms with E-state index in [0.29, 0.717) is 6.42 Å². The third-order valence-electron chi connectivity index (χ3n) is 6.62. The summed E-state index contributed by atoms with van der Waals surface area (Å²) in [6.07, 6.45) is -2.17. The Morgan fingerprint density at radius 3 is 1.94 bits per heavy atom. The first-order valence-corrected chi connectivity index (χ1v) is 14.1. The maximum Gasteiger partial charge on any atom is 0.326 e. The lowest BCUT2D eigenvalue weighted by atomic mass is 10.1. The summed E-state index contributed by atoms with van der Waals surface area (Å²) in [7, 11) is 0. The van der Waals surface area contributed by atoms with Gasteiger partial charge in [-0.3, -0.25) is 43.8 Å². The molecule has 22 nitrogen and oxygen atoms in total. The normalized spacial score (nSPS) is 16.4. The quantitative estimate of drug-likeness (QED) is 0.0326. The Morgan fingerprint density at radius 2 is 1.38 bits per heavy atom. The van der Waals surface area contributed by atoms with E-state index in [1.165, 1.54) is 0 Å². The second-order valence-corrected chi connectivity index (χ2v) is 10.4. The number of carbonyl (C=O) groups is 9. The fourth-order valence-electron chi connectivity index (χ4n) is 4.41. The van der Waals surface area contributed by atoms with Crippen LogP contribution in [0.5, 0.6) is 0 Å². The minimum atomic E-state index is -1.78. The van der Waals surface area contributed by atoms with Gasteiger partial charge in [0.05, 0.1) is 31.8 Å². The topological polar surface area (TPSA) is 374 Å². The number of carbonyl (C=O) groups excluding carboxylic acids is 5. The predicted octanol–water partition coefficient (Wildman–Crippen LogP) is -5.35. The summed E-state index contributed by atoms with van der Waals surface area (Å²) in [5, 5.41) is 54.7. The number of guanidine groups is 1. The van der Waals surface area contributed by atoms with E-state index in [2.05, 4.69) is 16.0 Å². The van der Waals surface area contributed by atoms with Crippen molar-refractivity contribution in [2.45, 2.75) is 75.2 Å². The van der Waals surface area contributed by atoms with Crippen LogP contribution in [0.1, 0.15) is 44.9 Å². The molecule has 1 rings (SSSR count). The molecule has 0 radical (unpaired) electrons. The molecular formula is C25H39N9O13. The van der Waals surface area contributed by atoms with Crippen LogP contribution in [0.2, 0.25) is 0 Å². The van der Waals surface area contributed by atoms with Gasteiger partial charge in [-0.05, 0) is 25.7 Å². The molecule has 0 saturated carbocycles. The highest BCUT2D eigenvalue weighted by Crippen LogP contribution is 2.20. The van der Waals surface area contributed by atoms with Crippen molar-refractivity contribution < 1.29 is 63.6 Å². The van der Waals surface area contributed by atoms with Gasteiger partial charge in [0.1, 0.15) is 24.2 Å². The van der Waals surface area contributed by atoms with E-state index in [9.17, 15) is 53.4 Å². The zero-order chi connectivity index (χ0) is 35.8. The maximum absolute atomic E-state index is 13.3. The molecule has 0 bridgehead atoms. The van der Waals surface area contributed by atoms with E-state index in [4.69, 9.17) is 27.1 Å². The number of hydrogen-bond acceptors (Lipinski definition) is 11. The van der Waals surface area contributed by atoms with Crippen molar-refractivity contribution in [1.82, 2.24) is 31.5 Å². The Hall–Kier alpha value is -5.54. The van der Waals surface area contributed by atoms with Gasteiger partial charge in [0.25, 0.3) is 0 Å². The number of carboxylic acids is 4. The molecule has 1 saturated heterocycles. The first-order chi connectivity index (χ1) is 21.9. The minimum Gasteiger partial charge on any atom is -0.481 e. The summed E-state index contributed by atoms with van der Waals surface area (Å²) in [6.45, 7) is -0.783. The van der Waals surface area contributed by atoms with Crippen molar-refractivity contribution in [3.05, 3.63) is 0 Å². The number of likely N-dealkylation sites (tertiary alicyclic amines) is 1. The summed E-state index contributed by atoms with van der Waals surface area (Å²) in [4.78, 5) is 110. The van der Waals surface area contributed by atoms with Gasteiger partial charge in [-0.15, -0.1) is 0 Å².